The van der Waals surface area contributed by atoms with Crippen LogP contribution in [0.2, 0.25) is 0 Å². The van der Waals surface area contributed by atoms with Gasteiger partial charge >= 0.3 is 0 Å². The number of hydrogen-bond donors (Lipinski definition) is 3. The van der Waals surface area contributed by atoms with E-state index in [2.05, 4.69) is 42.8 Å². The van der Waals surface area contributed by atoms with Crippen LogP contribution in [0.5, 0.6) is 0 Å². The van der Waals surface area contributed by atoms with Crippen LogP contribution in [0.1, 0.15) is 113 Å². The molecule has 0 radical (unpaired) electrons. The summed E-state index contributed by atoms with van der Waals surface area (Å²) in [6.45, 7) is 10.0. The number of nitrogens with zero attached hydrogens (tertiary/aromatic N) is 9. The molecule has 1 unspecified atom stereocenters. The smallest absolute Gasteiger partial charge is 0.249 e. The van der Waals surface area contributed by atoms with E-state index in [1.54, 1.807) is 0 Å². The molecular formula is C46H58N12O5. The van der Waals surface area contributed by atoms with Crippen LogP contribution in [0.25, 0.3) is 33.8 Å². The lowest BCUT2D eigenvalue weighted by Gasteiger charge is -2.38. The van der Waals surface area contributed by atoms with Crippen molar-refractivity contribution in [2.45, 2.75) is 108 Å². The molecule has 0 bridgehead atoms. The number of amides is 3. The number of carbonyl (C=O) groups is 3. The number of fused-ring (bicyclic) bond motifs is 1. The molecule has 332 valence electrons. The van der Waals surface area contributed by atoms with Crippen LogP contribution >= 0.6 is 0 Å². The Morgan fingerprint density at radius 3 is 2.40 bits per heavy atom. The van der Waals surface area contributed by atoms with Gasteiger partial charge in [0.15, 0.2) is 17.2 Å². The quantitative estimate of drug-likeness (QED) is 0.0808. The summed E-state index contributed by atoms with van der Waals surface area (Å²) in [6.07, 6.45) is 14.2. The summed E-state index contributed by atoms with van der Waals surface area (Å²) < 4.78 is 13.7. The van der Waals surface area contributed by atoms with Crippen LogP contribution in [-0.4, -0.2) is 114 Å². The summed E-state index contributed by atoms with van der Waals surface area (Å²) in [7, 11) is 0. The highest BCUT2D eigenvalue weighted by atomic mass is 16.5. The molecule has 5 aromatic rings. The number of piperidine rings is 3. The molecule has 4 N–H and O–H groups in total. The number of likely N-dealkylation sites (tertiary alicyclic amines) is 2. The average molecular weight is 859 g/mol. The molecular weight excluding hydrogens is 801 g/mol. The van der Waals surface area contributed by atoms with Gasteiger partial charge in [-0.05, 0) is 120 Å². The zero-order valence-corrected chi connectivity index (χ0v) is 36.3. The van der Waals surface area contributed by atoms with Crippen molar-refractivity contribution in [1.29, 1.82) is 0 Å². The first-order valence-electron chi connectivity index (χ1n) is 22.8. The van der Waals surface area contributed by atoms with E-state index >= 15 is 0 Å². The van der Waals surface area contributed by atoms with Crippen molar-refractivity contribution in [2.24, 2.45) is 5.92 Å². The van der Waals surface area contributed by atoms with Crippen molar-refractivity contribution in [3.8, 4) is 22.8 Å². The van der Waals surface area contributed by atoms with Crippen molar-refractivity contribution in [3.05, 3.63) is 59.9 Å². The molecule has 1 atom stereocenters. The van der Waals surface area contributed by atoms with Crippen molar-refractivity contribution in [3.63, 3.8) is 0 Å². The lowest BCUT2D eigenvalue weighted by molar-refractivity contribution is -0.134. The third kappa shape index (κ3) is 9.74. The van der Waals surface area contributed by atoms with E-state index in [0.717, 1.165) is 93.8 Å². The first kappa shape index (κ1) is 42.5. The fraction of sp³-hybridized carbons (Fsp3) is 0.543. The van der Waals surface area contributed by atoms with E-state index in [1.165, 1.54) is 11.9 Å². The Balaban J connectivity index is 0.675. The number of nitrogens with two attached hydrogens (primary N) is 1. The number of rotatable bonds is 16. The lowest BCUT2D eigenvalue weighted by atomic mass is 9.88. The number of carbonyl (C=O) groups excluding carboxylic acids is 3. The van der Waals surface area contributed by atoms with E-state index in [4.69, 9.17) is 30.1 Å². The normalized spacial score (nSPS) is 19.3. The molecule has 1 saturated carbocycles. The fourth-order valence-electron chi connectivity index (χ4n) is 9.28. The number of nitrogens with one attached hydrogen (secondary N) is 2. The van der Waals surface area contributed by atoms with E-state index in [0.29, 0.717) is 91.2 Å². The maximum atomic E-state index is 13.1. The Morgan fingerprint density at radius 2 is 1.68 bits per heavy atom. The van der Waals surface area contributed by atoms with Gasteiger partial charge in [0.25, 0.3) is 0 Å². The number of benzene rings is 1. The maximum absolute atomic E-state index is 13.1. The molecule has 3 saturated heterocycles. The molecule has 3 amide bonds. The number of ether oxygens (including phenoxy) is 1. The second kappa shape index (κ2) is 18.9. The number of anilines is 2. The van der Waals surface area contributed by atoms with Gasteiger partial charge in [0.1, 0.15) is 29.6 Å². The molecule has 17 heteroatoms. The topological polar surface area (TPSA) is 212 Å². The van der Waals surface area contributed by atoms with Gasteiger partial charge in [0.05, 0.1) is 17.6 Å². The van der Waals surface area contributed by atoms with Crippen LogP contribution in [0.15, 0.2) is 47.5 Å². The van der Waals surface area contributed by atoms with Gasteiger partial charge in [0, 0.05) is 69.1 Å². The predicted octanol–water partition coefficient (Wildman–Crippen LogP) is 5.65. The minimum Gasteiger partial charge on any atom is -0.383 e. The van der Waals surface area contributed by atoms with Crippen molar-refractivity contribution < 1.29 is 23.6 Å². The molecule has 7 heterocycles. The number of nitrogen functional groups attached to an aromatic ring is 1. The molecule has 1 aliphatic carbocycles. The Morgan fingerprint density at radius 1 is 0.921 bits per heavy atom. The molecule has 4 aromatic heterocycles. The van der Waals surface area contributed by atoms with Crippen LogP contribution < -0.4 is 16.4 Å². The lowest BCUT2D eigenvalue weighted by Crippen LogP contribution is -2.47. The van der Waals surface area contributed by atoms with Crippen LogP contribution in [0, 0.1) is 5.92 Å². The predicted molar refractivity (Wildman–Crippen MR) is 236 cm³/mol. The highest BCUT2D eigenvalue weighted by Gasteiger charge is 2.36. The third-order valence-corrected chi connectivity index (χ3v) is 13.1. The maximum Gasteiger partial charge on any atom is 0.249 e. The zero-order chi connectivity index (χ0) is 43.5. The van der Waals surface area contributed by atoms with Crippen LogP contribution in [0.4, 0.5) is 11.5 Å². The Hall–Kier alpha value is -5.81. The standard InChI is InChI=1S/C46H58N12O5/c1-28(2)58-45-39(43(47)50-27-51-45)40(54-58)41-38(42(63-55-41)33-5-6-33)44-48-24-30(25-49-44)17-23-62-22-3-4-37(60)57-20-13-29(14-21-57)26-56-18-15-32(16-19-56)31-7-9-34(10-8-31)52-35-11-12-36(59)53-46(35)61/h7-10,24-25,27-29,32-33,35,52H,3-6,11-23,26H2,1-2H3,(H2,47,50,51)(H,53,59,61). The monoisotopic (exact) mass is 858 g/mol. The zero-order valence-electron chi connectivity index (χ0n) is 36.3. The minimum absolute atomic E-state index is 0.0429. The van der Waals surface area contributed by atoms with Gasteiger partial charge in [0.2, 0.25) is 17.7 Å². The number of imide groups is 1. The van der Waals surface area contributed by atoms with Gasteiger partial charge in [-0.2, -0.15) is 5.10 Å². The molecule has 0 spiro atoms. The first-order chi connectivity index (χ1) is 30.7. The molecule has 9 rings (SSSR count). The molecule has 3 aliphatic heterocycles. The van der Waals surface area contributed by atoms with E-state index in [-0.39, 0.29) is 35.7 Å². The van der Waals surface area contributed by atoms with Crippen molar-refractivity contribution in [2.75, 3.05) is 57.0 Å². The summed E-state index contributed by atoms with van der Waals surface area (Å²) in [5.41, 5.74) is 12.0. The second-order valence-electron chi connectivity index (χ2n) is 17.9. The highest BCUT2D eigenvalue weighted by Crippen LogP contribution is 2.48. The summed E-state index contributed by atoms with van der Waals surface area (Å²) in [5, 5.41) is 15.7. The summed E-state index contributed by atoms with van der Waals surface area (Å²) in [5.74, 6) is 2.79. The van der Waals surface area contributed by atoms with Gasteiger partial charge in [-0.3, -0.25) is 19.7 Å². The fourth-order valence-corrected chi connectivity index (χ4v) is 9.28. The summed E-state index contributed by atoms with van der Waals surface area (Å²) in [4.78, 5) is 59.5. The van der Waals surface area contributed by atoms with Crippen LogP contribution in [0.3, 0.4) is 0 Å². The van der Waals surface area contributed by atoms with Crippen LogP contribution in [-0.2, 0) is 25.5 Å². The number of aromatic nitrogens is 7. The Kier molecular flexibility index (Phi) is 12.7. The molecule has 4 fully saturated rings. The molecule has 1 aromatic carbocycles. The summed E-state index contributed by atoms with van der Waals surface area (Å²) >= 11 is 0. The Bertz CT molecular complexity index is 2390. The molecule has 17 nitrogen and oxygen atoms in total. The third-order valence-electron chi connectivity index (χ3n) is 13.1. The van der Waals surface area contributed by atoms with E-state index < -0.39 is 0 Å². The molecule has 63 heavy (non-hydrogen) atoms. The van der Waals surface area contributed by atoms with Gasteiger partial charge in [-0.1, -0.05) is 17.3 Å². The van der Waals surface area contributed by atoms with E-state index in [9.17, 15) is 14.4 Å². The second-order valence-corrected chi connectivity index (χ2v) is 17.9. The highest BCUT2D eigenvalue weighted by molar-refractivity contribution is 6.01. The van der Waals surface area contributed by atoms with E-state index in [1.807, 2.05) is 48.0 Å². The van der Waals surface area contributed by atoms with Gasteiger partial charge in [-0.25, -0.2) is 24.6 Å². The largest absolute Gasteiger partial charge is 0.383 e. The van der Waals surface area contributed by atoms with Gasteiger partial charge in [-0.15, -0.1) is 0 Å². The minimum atomic E-state index is -0.371. The van der Waals surface area contributed by atoms with Crippen molar-refractivity contribution in [1.82, 2.24) is 50.0 Å². The number of hydrogen-bond acceptors (Lipinski definition) is 14. The average Bonchev–Trinajstić information content (AvgIpc) is 3.92. The Labute approximate surface area is 366 Å². The van der Waals surface area contributed by atoms with Crippen molar-refractivity contribution >= 4 is 40.3 Å². The van der Waals surface area contributed by atoms with Gasteiger partial charge < -0.3 is 30.1 Å². The first-order valence-corrected chi connectivity index (χ1v) is 22.8. The molecule has 4 aliphatic rings. The SMILES string of the molecule is CC(C)n1nc(-c2noc(C3CC3)c2-c2ncc(CCOCCCC(=O)N3CCC(CN4CCC(c5ccc(NC6CCC(=O)NC6=O)cc5)CC4)CC3)cn2)c2c(N)ncnc21. The summed E-state index contributed by atoms with van der Waals surface area (Å²) in [6, 6.07) is 8.11.